The first-order valence-electron chi connectivity index (χ1n) is 8.84. The molecule has 1 amide bonds. The van der Waals surface area contributed by atoms with Gasteiger partial charge in [0.25, 0.3) is 0 Å². The maximum atomic E-state index is 12.4. The zero-order chi connectivity index (χ0) is 17.4. The largest absolute Gasteiger partial charge is 0.352 e. The third-order valence-corrected chi connectivity index (χ3v) is 6.40. The van der Waals surface area contributed by atoms with Crippen molar-refractivity contribution in [2.75, 3.05) is 5.75 Å². The smallest absolute Gasteiger partial charge is 0.230 e. The number of imidazole rings is 1. The van der Waals surface area contributed by atoms with Crippen molar-refractivity contribution in [3.05, 3.63) is 41.2 Å². The molecule has 4 nitrogen and oxygen atoms in total. The number of amides is 1. The van der Waals surface area contributed by atoms with Gasteiger partial charge in [-0.15, -0.1) is 0 Å². The van der Waals surface area contributed by atoms with Crippen molar-refractivity contribution in [2.24, 2.45) is 11.8 Å². The summed E-state index contributed by atoms with van der Waals surface area (Å²) in [5.41, 5.74) is 2.01. The monoisotopic (exact) mass is 375 g/mol. The van der Waals surface area contributed by atoms with Gasteiger partial charge in [0.2, 0.25) is 5.91 Å². The molecule has 2 aliphatic rings. The summed E-state index contributed by atoms with van der Waals surface area (Å²) in [6.07, 6.45) is 8.76. The molecule has 2 saturated carbocycles. The van der Waals surface area contributed by atoms with E-state index in [0.717, 1.165) is 33.3 Å². The molecule has 0 spiro atoms. The van der Waals surface area contributed by atoms with Gasteiger partial charge in [0.05, 0.1) is 11.4 Å². The average Bonchev–Trinajstić information content (AvgIpc) is 3.52. The van der Waals surface area contributed by atoms with Crippen LogP contribution >= 0.6 is 23.4 Å². The molecule has 0 atom stereocenters. The van der Waals surface area contributed by atoms with Gasteiger partial charge < -0.3 is 5.32 Å². The average molecular weight is 376 g/mol. The summed E-state index contributed by atoms with van der Waals surface area (Å²) in [5, 5.41) is 4.81. The number of benzene rings is 1. The van der Waals surface area contributed by atoms with Crippen LogP contribution in [-0.4, -0.2) is 27.3 Å². The van der Waals surface area contributed by atoms with Gasteiger partial charge in [0.15, 0.2) is 5.16 Å². The van der Waals surface area contributed by atoms with Crippen LogP contribution in [0.25, 0.3) is 5.69 Å². The second-order valence-electron chi connectivity index (χ2n) is 7.02. The number of thioether (sulfide) groups is 1. The molecule has 0 saturated heterocycles. The van der Waals surface area contributed by atoms with Crippen LogP contribution in [0.1, 0.15) is 31.2 Å². The van der Waals surface area contributed by atoms with E-state index >= 15 is 0 Å². The summed E-state index contributed by atoms with van der Waals surface area (Å²) in [6, 6.07) is 6.24. The summed E-state index contributed by atoms with van der Waals surface area (Å²) in [7, 11) is 0. The predicted octanol–water partition coefficient (Wildman–Crippen LogP) is 4.23. The van der Waals surface area contributed by atoms with Gasteiger partial charge >= 0.3 is 0 Å². The zero-order valence-corrected chi connectivity index (χ0v) is 15.8. The highest BCUT2D eigenvalue weighted by molar-refractivity contribution is 7.99. The Kier molecular flexibility index (Phi) is 4.78. The van der Waals surface area contributed by atoms with Crippen LogP contribution in [0.3, 0.4) is 0 Å². The minimum atomic E-state index is 0.117. The Balaban J connectivity index is 1.41. The van der Waals surface area contributed by atoms with E-state index in [9.17, 15) is 4.79 Å². The summed E-state index contributed by atoms with van der Waals surface area (Å²) in [6.45, 7) is 1.99. The maximum Gasteiger partial charge on any atom is 0.230 e. The van der Waals surface area contributed by atoms with E-state index in [0.29, 0.717) is 11.8 Å². The van der Waals surface area contributed by atoms with Crippen molar-refractivity contribution in [1.82, 2.24) is 14.9 Å². The second-order valence-corrected chi connectivity index (χ2v) is 8.37. The van der Waals surface area contributed by atoms with Gasteiger partial charge in [-0.2, -0.15) is 0 Å². The molecule has 2 aliphatic carbocycles. The molecule has 0 aliphatic heterocycles. The quantitative estimate of drug-likeness (QED) is 0.736. The summed E-state index contributed by atoms with van der Waals surface area (Å²) in [5.74, 6) is 1.95. The van der Waals surface area contributed by atoms with Gasteiger partial charge in [0.1, 0.15) is 0 Å². The van der Waals surface area contributed by atoms with Crippen LogP contribution in [0, 0.1) is 18.8 Å². The van der Waals surface area contributed by atoms with Crippen molar-refractivity contribution in [3.63, 3.8) is 0 Å². The molecule has 0 unspecified atom stereocenters. The van der Waals surface area contributed by atoms with Crippen molar-refractivity contribution in [1.29, 1.82) is 0 Å². The number of halogens is 1. The third-order valence-electron chi connectivity index (χ3n) is 5.03. The first-order valence-corrected chi connectivity index (χ1v) is 10.2. The zero-order valence-electron chi connectivity index (χ0n) is 14.2. The molecule has 2 aromatic rings. The van der Waals surface area contributed by atoms with Gasteiger partial charge in [0, 0.05) is 23.5 Å². The van der Waals surface area contributed by atoms with Gasteiger partial charge in [-0.3, -0.25) is 9.36 Å². The third kappa shape index (κ3) is 3.87. The molecule has 25 heavy (non-hydrogen) atoms. The molecule has 1 heterocycles. The van der Waals surface area contributed by atoms with Crippen LogP contribution < -0.4 is 5.32 Å². The number of carbonyl (C=O) groups is 1. The van der Waals surface area contributed by atoms with Crippen molar-refractivity contribution < 1.29 is 4.79 Å². The molecule has 6 heteroatoms. The highest BCUT2D eigenvalue weighted by atomic mass is 35.5. The normalized spacial score (nSPS) is 17.1. The molecule has 132 valence electrons. The summed E-state index contributed by atoms with van der Waals surface area (Å²) < 4.78 is 2.00. The maximum absolute atomic E-state index is 12.4. The topological polar surface area (TPSA) is 46.9 Å². The first kappa shape index (κ1) is 17.0. The minimum Gasteiger partial charge on any atom is -0.352 e. The molecule has 0 bridgehead atoms. The lowest BCUT2D eigenvalue weighted by molar-refractivity contribution is -0.119. The van der Waals surface area contributed by atoms with Gasteiger partial charge in [-0.05, 0) is 62.1 Å². The van der Waals surface area contributed by atoms with Crippen LogP contribution in [-0.2, 0) is 4.79 Å². The number of rotatable bonds is 7. The summed E-state index contributed by atoms with van der Waals surface area (Å²) in [4.78, 5) is 16.8. The fourth-order valence-electron chi connectivity index (χ4n) is 3.33. The molecule has 1 N–H and O–H groups in total. The van der Waals surface area contributed by atoms with E-state index in [1.54, 1.807) is 6.20 Å². The Morgan fingerprint density at radius 1 is 1.36 bits per heavy atom. The Bertz CT molecular complexity index is 771. The Hall–Kier alpha value is -1.46. The van der Waals surface area contributed by atoms with Gasteiger partial charge in [-0.1, -0.05) is 29.4 Å². The van der Waals surface area contributed by atoms with E-state index in [-0.39, 0.29) is 5.91 Å². The van der Waals surface area contributed by atoms with E-state index in [2.05, 4.69) is 10.3 Å². The number of nitrogens with zero attached hydrogens (tertiary/aromatic N) is 2. The lowest BCUT2D eigenvalue weighted by atomic mass is 10.1. The number of hydrogen-bond donors (Lipinski definition) is 1. The summed E-state index contributed by atoms with van der Waals surface area (Å²) >= 11 is 7.71. The number of nitrogens with one attached hydrogen (secondary N) is 1. The molecule has 1 aromatic heterocycles. The number of hydrogen-bond acceptors (Lipinski definition) is 3. The predicted molar refractivity (Wildman–Crippen MR) is 101 cm³/mol. The standard InChI is InChI=1S/C19H22ClN3OS/c1-12-15(20)3-2-4-16(12)23-10-9-21-19(23)25-11-17(24)22-18(13-5-6-13)14-7-8-14/h2-4,9-10,13-14,18H,5-8,11H2,1H3,(H,22,24). The van der Waals surface area contributed by atoms with Crippen LogP contribution in [0.15, 0.2) is 35.7 Å². The highest BCUT2D eigenvalue weighted by Gasteiger charge is 2.42. The Labute approximate surface area is 157 Å². The fraction of sp³-hybridized carbons (Fsp3) is 0.474. The van der Waals surface area contributed by atoms with E-state index in [1.807, 2.05) is 35.9 Å². The molecular formula is C19H22ClN3OS. The van der Waals surface area contributed by atoms with E-state index < -0.39 is 0 Å². The highest BCUT2D eigenvalue weighted by Crippen LogP contribution is 2.44. The van der Waals surface area contributed by atoms with Crippen molar-refractivity contribution in [2.45, 2.75) is 43.8 Å². The van der Waals surface area contributed by atoms with Crippen LogP contribution in [0.5, 0.6) is 0 Å². The lowest BCUT2D eigenvalue weighted by Gasteiger charge is -2.17. The minimum absolute atomic E-state index is 0.117. The molecule has 1 aromatic carbocycles. The van der Waals surface area contributed by atoms with Gasteiger partial charge in [-0.25, -0.2) is 4.98 Å². The van der Waals surface area contributed by atoms with Crippen LogP contribution in [0.4, 0.5) is 0 Å². The van der Waals surface area contributed by atoms with E-state index in [1.165, 1.54) is 37.4 Å². The first-order chi connectivity index (χ1) is 12.1. The molecule has 0 radical (unpaired) electrons. The Morgan fingerprint density at radius 3 is 2.76 bits per heavy atom. The number of carbonyl (C=O) groups excluding carboxylic acids is 1. The van der Waals surface area contributed by atoms with E-state index in [4.69, 9.17) is 11.6 Å². The van der Waals surface area contributed by atoms with Crippen molar-refractivity contribution in [3.8, 4) is 5.69 Å². The lowest BCUT2D eigenvalue weighted by Crippen LogP contribution is -2.39. The molecule has 4 rings (SSSR count). The fourth-order valence-corrected chi connectivity index (χ4v) is 4.27. The van der Waals surface area contributed by atoms with Crippen molar-refractivity contribution >= 4 is 29.3 Å². The second kappa shape index (κ2) is 7.04. The molecule has 2 fully saturated rings. The van der Waals surface area contributed by atoms with Crippen LogP contribution in [0.2, 0.25) is 5.02 Å². The SMILES string of the molecule is Cc1c(Cl)cccc1-n1ccnc1SCC(=O)NC(C1CC1)C1CC1. The number of aromatic nitrogens is 2. The Morgan fingerprint density at radius 2 is 2.08 bits per heavy atom. The molecular weight excluding hydrogens is 354 g/mol.